The Morgan fingerprint density at radius 1 is 0.181 bits per heavy atom. The van der Waals surface area contributed by atoms with Gasteiger partial charge in [-0.15, -0.1) is 0 Å². The molecule has 0 saturated heterocycles. The van der Waals surface area contributed by atoms with Crippen LogP contribution < -0.4 is 52.4 Å². The Balaban J connectivity index is 0.000000194. The second kappa shape index (κ2) is 33.9. The van der Waals surface area contributed by atoms with E-state index in [0.717, 1.165) is 67.8 Å². The van der Waals surface area contributed by atoms with Crippen molar-refractivity contribution in [2.24, 2.45) is 0 Å². The molecule has 0 amide bonds. The van der Waals surface area contributed by atoms with Crippen molar-refractivity contribution in [3.05, 3.63) is 310 Å². The van der Waals surface area contributed by atoms with E-state index in [2.05, 4.69) is 492 Å². The molecule has 0 atom stereocenters. The molecule has 0 aliphatic carbocycles. The molecule has 0 fully saturated rings. The average molecular weight is 1820 g/mol. The van der Waals surface area contributed by atoms with Crippen molar-refractivity contribution in [2.45, 2.75) is 314 Å². The van der Waals surface area contributed by atoms with E-state index >= 15 is 0 Å². The highest BCUT2D eigenvalue weighted by Crippen LogP contribution is 2.54. The van der Waals surface area contributed by atoms with E-state index in [1.165, 1.54) is 122 Å². The lowest BCUT2D eigenvalue weighted by Gasteiger charge is -2.45. The lowest BCUT2D eigenvalue weighted by molar-refractivity contribution is 0.568. The van der Waals surface area contributed by atoms with Crippen LogP contribution in [-0.4, -0.2) is 43.3 Å². The summed E-state index contributed by atoms with van der Waals surface area (Å²) in [5.74, 6) is 2.55. The molecule has 138 heavy (non-hydrogen) atoms. The van der Waals surface area contributed by atoms with Gasteiger partial charge < -0.3 is 19.6 Å². The largest absolute Gasteiger partial charge is 0.311 e. The molecule has 0 spiro atoms. The number of rotatable bonds is 8. The van der Waals surface area contributed by atoms with E-state index in [-0.39, 0.29) is 78.4 Å². The summed E-state index contributed by atoms with van der Waals surface area (Å²) in [5, 5.41) is 0. The lowest BCUT2D eigenvalue weighted by atomic mass is 9.33. The molecule has 18 rings (SSSR count). The van der Waals surface area contributed by atoms with Gasteiger partial charge in [-0.1, -0.05) is 383 Å². The Morgan fingerprint density at radius 3 is 0.580 bits per heavy atom. The van der Waals surface area contributed by atoms with Crippen LogP contribution >= 0.6 is 0 Å². The predicted octanol–water partition coefficient (Wildman–Crippen LogP) is 30.1. The summed E-state index contributed by atoms with van der Waals surface area (Å²) < 4.78 is 0. The quantitative estimate of drug-likeness (QED) is 0.137. The zero-order valence-electron chi connectivity index (χ0n) is 89.7. The van der Waals surface area contributed by atoms with Gasteiger partial charge in [-0.05, 0) is 262 Å². The van der Waals surface area contributed by atoms with Crippen molar-refractivity contribution >= 4 is 114 Å². The molecule has 0 radical (unpaired) electrons. The van der Waals surface area contributed by atoms with Crippen molar-refractivity contribution in [2.75, 3.05) is 19.6 Å². The number of hydrogen-bond donors (Lipinski definition) is 0. The van der Waals surface area contributed by atoms with E-state index in [4.69, 9.17) is 24.9 Å². The first-order valence-corrected chi connectivity index (χ1v) is 50.2. The van der Waals surface area contributed by atoms with Gasteiger partial charge in [0, 0.05) is 90.5 Å². The van der Waals surface area contributed by atoms with E-state index in [0.29, 0.717) is 23.3 Å². The number of anilines is 12. The highest BCUT2D eigenvalue weighted by atomic mass is 15.2. The number of nitrogens with zero attached hydrogens (tertiary/aromatic N) is 10. The molecule has 0 N–H and O–H groups in total. The van der Waals surface area contributed by atoms with Crippen LogP contribution in [0.3, 0.4) is 0 Å². The third kappa shape index (κ3) is 18.8. The summed E-state index contributed by atoms with van der Waals surface area (Å²) in [6.45, 7) is 84.0. The van der Waals surface area contributed by atoms with Crippen molar-refractivity contribution in [1.29, 1.82) is 0 Å². The maximum absolute atomic E-state index is 5.45. The van der Waals surface area contributed by atoms with Crippen molar-refractivity contribution in [3.8, 4) is 45.6 Å². The summed E-state index contributed by atoms with van der Waals surface area (Å²) in [6, 6.07) is 88.7. The molecule has 0 unspecified atom stereocenters. The van der Waals surface area contributed by atoms with Crippen LogP contribution in [-0.2, 0) is 65.0 Å². The SMILES string of the molecule is CC(C)(C)c1cc(N2c3ccc(C(C)(C)C)cc3B3c4cc(C(C)(C)C)ccc4N(c4cc(C(C)(C)C)cc(C(C)(C)C)c4)c4cc(-c5nc(-c6ccccc6)nc(-c6ccccc6)n5)cc2c43)cc(C(C)(C)C)c1.CC(C)(C)c1cc(N2c3ccc(C(C)(C)C)cc3B3c4cc(C(C)(C)C)ccc4N(c4cc(C(C)(C)C)cc(C(C)(C)C)c4)c4cc(-c5ncncn5)cc2c43)cc(C(C)(C)C)c1. The van der Waals surface area contributed by atoms with Crippen molar-refractivity contribution in [1.82, 2.24) is 29.9 Å². The van der Waals surface area contributed by atoms with Crippen LogP contribution in [0.15, 0.2) is 243 Å². The summed E-state index contributed by atoms with van der Waals surface area (Å²) in [4.78, 5) is 40.2. The molecule has 14 aromatic rings. The normalized spacial score (nSPS) is 14.1. The maximum atomic E-state index is 5.45. The predicted molar refractivity (Wildman–Crippen MR) is 594 cm³/mol. The second-order valence-corrected chi connectivity index (χ2v) is 52.2. The molecule has 4 aliphatic heterocycles. The van der Waals surface area contributed by atoms with Gasteiger partial charge in [0.1, 0.15) is 12.7 Å². The monoisotopic (exact) mass is 1820 g/mol. The van der Waals surface area contributed by atoms with Gasteiger partial charge in [-0.25, -0.2) is 29.9 Å². The van der Waals surface area contributed by atoms with Crippen LogP contribution in [0.5, 0.6) is 0 Å². The fraction of sp³-hybridized carbons (Fsp3) is 0.381. The zero-order valence-corrected chi connectivity index (χ0v) is 89.7. The smallest absolute Gasteiger partial charge is 0.252 e. The Kier molecular flexibility index (Phi) is 24.0. The van der Waals surface area contributed by atoms with Gasteiger partial charge in [-0.3, -0.25) is 0 Å². The van der Waals surface area contributed by atoms with Crippen LogP contribution in [0.1, 0.15) is 316 Å². The minimum Gasteiger partial charge on any atom is -0.311 e. The Labute approximate surface area is 828 Å². The van der Waals surface area contributed by atoms with Crippen LogP contribution in [0.2, 0.25) is 0 Å². The second-order valence-electron chi connectivity index (χ2n) is 52.2. The first-order valence-electron chi connectivity index (χ1n) is 50.2. The standard InChI is InChI=1S/C69H78BN5.C57H70BN5/c1-64(2,3)46-29-31-56-54(41-46)70-55-42-47(65(4,5)6)30-32-57(55)75(53-39-50(68(13,14)15)36-51(40-53)69(16,17)18)59-34-45(63-72-61(43-25-21-19-22-26-43)71-62(73-63)44-27-23-20-24-28-44)33-58(60(59)70)74(56)52-37-48(66(7,8)9)35-49(38-52)67(10,11)12;1-52(2,3)36-19-21-46-44(31-36)58-45-32-37(53(4,5)6)20-22-47(45)63(43-29-40(56(13,14)15)26-41(30-43)57(16,17)18)49-24-35(51-60-33-59-34-61-51)23-48(50(49)58)62(46)42-27-38(54(7,8)9)25-39(28-42)55(10,11)12/h19-42H,1-18H3;19-34H,1-18H3. The maximum Gasteiger partial charge on any atom is 0.252 e. The van der Waals surface area contributed by atoms with Crippen LogP contribution in [0, 0.1) is 0 Å². The average Bonchev–Trinajstić information content (AvgIpc) is 0.693. The Hall–Kier alpha value is -12.0. The topological polar surface area (TPSA) is 90.3 Å². The van der Waals surface area contributed by atoms with Crippen molar-refractivity contribution in [3.63, 3.8) is 0 Å². The zero-order chi connectivity index (χ0) is 99.9. The Bertz CT molecular complexity index is 6560. The molecular formula is C126H148B2N10. The van der Waals surface area contributed by atoms with E-state index in [1.807, 2.05) is 12.1 Å². The van der Waals surface area contributed by atoms with Gasteiger partial charge in [0.05, 0.1) is 0 Å². The summed E-state index contributed by atoms with van der Waals surface area (Å²) in [7, 11) is 0. The molecule has 0 saturated carbocycles. The Morgan fingerprint density at radius 2 is 0.377 bits per heavy atom. The molecule has 12 heteroatoms. The van der Waals surface area contributed by atoms with Crippen LogP contribution in [0.25, 0.3) is 45.6 Å². The summed E-state index contributed by atoms with van der Waals surface area (Å²) in [5.41, 5.74) is 40.3. The summed E-state index contributed by atoms with van der Waals surface area (Å²) >= 11 is 0. The first kappa shape index (κ1) is 97.6. The van der Waals surface area contributed by atoms with E-state index < -0.39 is 0 Å². The van der Waals surface area contributed by atoms with Gasteiger partial charge in [0.25, 0.3) is 13.4 Å². The summed E-state index contributed by atoms with van der Waals surface area (Å²) in [6.07, 6.45) is 3.23. The number of hydrogen-bond acceptors (Lipinski definition) is 10. The minimum atomic E-state index is -0.108. The van der Waals surface area contributed by atoms with Gasteiger partial charge >= 0.3 is 0 Å². The highest BCUT2D eigenvalue weighted by molar-refractivity contribution is 7.01. The third-order valence-electron chi connectivity index (χ3n) is 28.9. The molecule has 12 aromatic carbocycles. The van der Waals surface area contributed by atoms with Gasteiger partial charge in [0.2, 0.25) is 0 Å². The molecular weight excluding hydrogens is 1680 g/mol. The highest BCUT2D eigenvalue weighted by Gasteiger charge is 2.49. The number of aromatic nitrogens is 6. The molecule has 708 valence electrons. The van der Waals surface area contributed by atoms with E-state index in [1.54, 1.807) is 12.7 Å². The van der Waals surface area contributed by atoms with Gasteiger partial charge in [-0.2, -0.15) is 0 Å². The number of fused-ring (bicyclic) bond motifs is 8. The third-order valence-corrected chi connectivity index (χ3v) is 28.9. The molecule has 2 aromatic heterocycles. The lowest BCUT2D eigenvalue weighted by Crippen LogP contribution is -2.61. The fourth-order valence-corrected chi connectivity index (χ4v) is 20.0. The van der Waals surface area contributed by atoms with Gasteiger partial charge in [0.15, 0.2) is 23.3 Å². The minimum absolute atomic E-state index is 0.0368. The first-order chi connectivity index (χ1) is 64.0. The molecule has 0 bridgehead atoms. The fourth-order valence-electron chi connectivity index (χ4n) is 20.0. The van der Waals surface area contributed by atoms with Crippen molar-refractivity contribution < 1.29 is 0 Å². The van der Waals surface area contributed by atoms with E-state index in [9.17, 15) is 0 Å². The number of benzene rings is 12. The molecule has 4 aliphatic rings. The molecule has 6 heterocycles. The van der Waals surface area contributed by atoms with Crippen LogP contribution in [0.4, 0.5) is 68.2 Å². The molecule has 10 nitrogen and oxygen atoms in total.